The van der Waals surface area contributed by atoms with Crippen molar-refractivity contribution in [2.75, 3.05) is 6.54 Å². The average molecular weight is 358 g/mol. The molecule has 0 spiro atoms. The molecule has 26 heavy (non-hydrogen) atoms. The van der Waals surface area contributed by atoms with Crippen LogP contribution >= 0.6 is 0 Å². The molecule has 2 aromatic heterocycles. The molecule has 0 bridgehead atoms. The van der Waals surface area contributed by atoms with E-state index in [2.05, 4.69) is 20.6 Å². The molecule has 2 aromatic rings. The van der Waals surface area contributed by atoms with Crippen LogP contribution in [0.2, 0.25) is 0 Å². The van der Waals surface area contributed by atoms with Gasteiger partial charge in [-0.2, -0.15) is 0 Å². The predicted molar refractivity (Wildman–Crippen MR) is 95.0 cm³/mol. The Balaban J connectivity index is 1.82. The molecule has 2 rings (SSSR count). The highest BCUT2D eigenvalue weighted by Crippen LogP contribution is 2.02. The zero-order chi connectivity index (χ0) is 18.9. The molecule has 8 heteroatoms. The van der Waals surface area contributed by atoms with E-state index in [1.807, 2.05) is 6.92 Å². The summed E-state index contributed by atoms with van der Waals surface area (Å²) in [7, 11) is 0. The second kappa shape index (κ2) is 9.59. The van der Waals surface area contributed by atoms with Crippen molar-refractivity contribution < 1.29 is 19.8 Å². The Hall–Kier alpha value is -2.84. The van der Waals surface area contributed by atoms with Gasteiger partial charge in [-0.15, -0.1) is 0 Å². The van der Waals surface area contributed by atoms with Gasteiger partial charge in [0.15, 0.2) is 0 Å². The summed E-state index contributed by atoms with van der Waals surface area (Å²) in [5.74, 6) is -2.09. The maximum Gasteiger partial charge on any atom is 0.354 e. The normalized spacial score (nSPS) is 11.9. The molecule has 2 heterocycles. The van der Waals surface area contributed by atoms with Crippen molar-refractivity contribution in [3.63, 3.8) is 0 Å². The second-order valence-electron chi connectivity index (χ2n) is 5.76. The monoisotopic (exact) mass is 358 g/mol. The minimum absolute atomic E-state index is 0.0267. The minimum atomic E-state index is -1.05. The van der Waals surface area contributed by atoms with Crippen molar-refractivity contribution in [3.8, 4) is 0 Å². The quantitative estimate of drug-likeness (QED) is 0.504. The third-order valence-electron chi connectivity index (χ3n) is 3.81. The fraction of sp³-hybridized carbons (Fsp3) is 0.333. The van der Waals surface area contributed by atoms with Crippen LogP contribution in [0.3, 0.4) is 0 Å². The van der Waals surface area contributed by atoms with Crippen LogP contribution in [0.25, 0.3) is 0 Å². The van der Waals surface area contributed by atoms with Crippen LogP contribution in [-0.2, 0) is 13.1 Å². The molecule has 1 unspecified atom stereocenters. The molecular weight excluding hydrogens is 336 g/mol. The number of hydrogen-bond donors (Lipinski definition) is 4. The van der Waals surface area contributed by atoms with Gasteiger partial charge in [0.2, 0.25) is 0 Å². The van der Waals surface area contributed by atoms with Crippen LogP contribution in [0.1, 0.15) is 45.7 Å². The molecular formula is C18H22N4O4. The third-order valence-corrected chi connectivity index (χ3v) is 3.81. The molecule has 0 aromatic carbocycles. The molecule has 0 amide bonds. The number of nitrogens with zero attached hydrogens (tertiary/aromatic N) is 2. The van der Waals surface area contributed by atoms with Crippen molar-refractivity contribution in [2.45, 2.75) is 32.5 Å². The molecule has 0 radical (unpaired) electrons. The van der Waals surface area contributed by atoms with Gasteiger partial charge in [-0.05, 0) is 30.7 Å². The lowest BCUT2D eigenvalue weighted by Crippen LogP contribution is -2.38. The lowest BCUT2D eigenvalue weighted by atomic mass is 10.2. The van der Waals surface area contributed by atoms with E-state index in [4.69, 9.17) is 10.2 Å². The number of nitrogens with one attached hydrogen (secondary N) is 2. The molecule has 0 aliphatic heterocycles. The molecule has 1 atom stereocenters. The maximum absolute atomic E-state index is 11.0. The summed E-state index contributed by atoms with van der Waals surface area (Å²) in [6.45, 7) is 3.64. The first kappa shape index (κ1) is 19.5. The number of aromatic carboxylic acids is 2. The van der Waals surface area contributed by atoms with E-state index in [1.165, 1.54) is 12.1 Å². The summed E-state index contributed by atoms with van der Waals surface area (Å²) in [6, 6.07) is 9.98. The van der Waals surface area contributed by atoms with Crippen molar-refractivity contribution in [1.82, 2.24) is 20.6 Å². The fourth-order valence-electron chi connectivity index (χ4n) is 2.38. The van der Waals surface area contributed by atoms with Gasteiger partial charge in [0.05, 0.1) is 11.4 Å². The van der Waals surface area contributed by atoms with Gasteiger partial charge in [0.25, 0.3) is 0 Å². The molecule has 0 aliphatic carbocycles. The van der Waals surface area contributed by atoms with Crippen molar-refractivity contribution in [3.05, 3.63) is 59.2 Å². The average Bonchev–Trinajstić information content (AvgIpc) is 2.65. The largest absolute Gasteiger partial charge is 0.477 e. The van der Waals surface area contributed by atoms with Crippen molar-refractivity contribution in [2.24, 2.45) is 0 Å². The van der Waals surface area contributed by atoms with Crippen LogP contribution < -0.4 is 10.6 Å². The molecule has 0 aliphatic rings. The number of aromatic nitrogens is 2. The van der Waals surface area contributed by atoms with Gasteiger partial charge in [0, 0.05) is 25.7 Å². The topological polar surface area (TPSA) is 124 Å². The van der Waals surface area contributed by atoms with Gasteiger partial charge < -0.3 is 20.8 Å². The Bertz CT molecular complexity index is 766. The summed E-state index contributed by atoms with van der Waals surface area (Å²) in [5.41, 5.74) is 1.38. The Labute approximate surface area is 151 Å². The summed E-state index contributed by atoms with van der Waals surface area (Å²) >= 11 is 0. The van der Waals surface area contributed by atoms with Crippen LogP contribution in [0.15, 0.2) is 36.4 Å². The predicted octanol–water partition coefficient (Wildman–Crippen LogP) is 1.53. The molecule has 138 valence electrons. The lowest BCUT2D eigenvalue weighted by Gasteiger charge is -2.17. The smallest absolute Gasteiger partial charge is 0.354 e. The first-order valence-corrected chi connectivity index (χ1v) is 8.32. The van der Waals surface area contributed by atoms with Gasteiger partial charge in [-0.3, -0.25) is 0 Å². The van der Waals surface area contributed by atoms with E-state index >= 15 is 0 Å². The SMILES string of the molecule is CCC(CNCc1cccc(C(=O)O)n1)NCc1cccc(C(=O)O)n1. The van der Waals surface area contributed by atoms with Gasteiger partial charge in [-0.1, -0.05) is 19.1 Å². The molecule has 0 fully saturated rings. The van der Waals surface area contributed by atoms with Crippen LogP contribution in [0.5, 0.6) is 0 Å². The van der Waals surface area contributed by atoms with Crippen molar-refractivity contribution in [1.29, 1.82) is 0 Å². The second-order valence-corrected chi connectivity index (χ2v) is 5.76. The van der Waals surface area contributed by atoms with E-state index in [9.17, 15) is 9.59 Å². The Kier molecular flexibility index (Phi) is 7.19. The van der Waals surface area contributed by atoms with E-state index in [0.717, 1.165) is 6.42 Å². The number of hydrogen-bond acceptors (Lipinski definition) is 6. The highest BCUT2D eigenvalue weighted by atomic mass is 16.4. The zero-order valence-corrected chi connectivity index (χ0v) is 14.5. The van der Waals surface area contributed by atoms with Gasteiger partial charge in [0.1, 0.15) is 11.4 Å². The number of carboxylic acid groups (broad SMARTS) is 2. The highest BCUT2D eigenvalue weighted by Gasteiger charge is 2.09. The van der Waals surface area contributed by atoms with E-state index < -0.39 is 11.9 Å². The van der Waals surface area contributed by atoms with Crippen LogP contribution in [-0.4, -0.2) is 44.7 Å². The Morgan fingerprint density at radius 3 is 2.00 bits per heavy atom. The molecule has 4 N–H and O–H groups in total. The van der Waals surface area contributed by atoms with E-state index in [0.29, 0.717) is 31.0 Å². The molecule has 0 saturated heterocycles. The third kappa shape index (κ3) is 5.91. The fourth-order valence-corrected chi connectivity index (χ4v) is 2.38. The minimum Gasteiger partial charge on any atom is -0.477 e. The maximum atomic E-state index is 11.0. The van der Waals surface area contributed by atoms with Crippen LogP contribution in [0.4, 0.5) is 0 Å². The number of rotatable bonds is 10. The summed E-state index contributed by atoms with van der Waals surface area (Å²) in [5, 5.41) is 24.5. The van der Waals surface area contributed by atoms with Crippen molar-refractivity contribution >= 4 is 11.9 Å². The first-order valence-electron chi connectivity index (χ1n) is 8.32. The zero-order valence-electron chi connectivity index (χ0n) is 14.5. The molecule has 0 saturated carbocycles. The number of carboxylic acids is 2. The first-order chi connectivity index (χ1) is 12.5. The standard InChI is InChI=1S/C18H22N4O4/c1-2-12(20-11-14-6-4-8-16(22-14)18(25)26)9-19-10-13-5-3-7-15(21-13)17(23)24/h3-8,12,19-20H,2,9-11H2,1H3,(H,23,24)(H,25,26). The van der Waals surface area contributed by atoms with Crippen LogP contribution in [0, 0.1) is 0 Å². The summed E-state index contributed by atoms with van der Waals surface area (Å²) < 4.78 is 0. The van der Waals surface area contributed by atoms with E-state index in [1.54, 1.807) is 24.3 Å². The Morgan fingerprint density at radius 1 is 0.962 bits per heavy atom. The summed E-state index contributed by atoms with van der Waals surface area (Å²) in [4.78, 5) is 30.0. The number of carbonyl (C=O) groups is 2. The van der Waals surface area contributed by atoms with Gasteiger partial charge in [-0.25, -0.2) is 19.6 Å². The van der Waals surface area contributed by atoms with E-state index in [-0.39, 0.29) is 17.4 Å². The van der Waals surface area contributed by atoms with Gasteiger partial charge >= 0.3 is 11.9 Å². The number of pyridine rings is 2. The molecule has 8 nitrogen and oxygen atoms in total. The Morgan fingerprint density at radius 2 is 1.50 bits per heavy atom. The summed E-state index contributed by atoms with van der Waals surface area (Å²) in [6.07, 6.45) is 0.869. The lowest BCUT2D eigenvalue weighted by molar-refractivity contribution is 0.0679. The highest BCUT2D eigenvalue weighted by molar-refractivity contribution is 5.85.